The van der Waals surface area contributed by atoms with Crippen LogP contribution in [-0.4, -0.2) is 24.1 Å². The van der Waals surface area contributed by atoms with Crippen molar-refractivity contribution in [3.8, 4) is 0 Å². The second kappa shape index (κ2) is 11.4. The van der Waals surface area contributed by atoms with Gasteiger partial charge in [-0.25, -0.2) is 0 Å². The van der Waals surface area contributed by atoms with Crippen LogP contribution in [0.3, 0.4) is 0 Å². The highest BCUT2D eigenvalue weighted by Gasteiger charge is 2.15. The molecule has 0 aliphatic rings. The van der Waals surface area contributed by atoms with Gasteiger partial charge in [0, 0.05) is 28.5 Å². The van der Waals surface area contributed by atoms with E-state index in [0.29, 0.717) is 12.1 Å². The quantitative estimate of drug-likeness (QED) is 0.371. The van der Waals surface area contributed by atoms with Gasteiger partial charge in [0.15, 0.2) is 0 Å². The first-order chi connectivity index (χ1) is 14.6. The number of amides is 2. The zero-order valence-electron chi connectivity index (χ0n) is 16.8. The average Bonchev–Trinajstić information content (AvgIpc) is 3.27. The molecule has 2 amide bonds. The van der Waals surface area contributed by atoms with Crippen LogP contribution in [0.4, 0.5) is 0 Å². The van der Waals surface area contributed by atoms with Gasteiger partial charge in [0.2, 0.25) is 0 Å². The van der Waals surface area contributed by atoms with Crippen molar-refractivity contribution in [2.24, 2.45) is 0 Å². The molecule has 0 aliphatic heterocycles. The Morgan fingerprint density at radius 1 is 1.00 bits per heavy atom. The van der Waals surface area contributed by atoms with Gasteiger partial charge in [0.1, 0.15) is 5.70 Å². The third-order valence-electron chi connectivity index (χ3n) is 4.36. The molecule has 0 radical (unpaired) electrons. The number of aryl methyl sites for hydroxylation is 1. The molecule has 30 heavy (non-hydrogen) atoms. The maximum Gasteiger partial charge on any atom is 0.267 e. The van der Waals surface area contributed by atoms with Crippen LogP contribution < -0.4 is 10.6 Å². The summed E-state index contributed by atoms with van der Waals surface area (Å²) in [5.41, 5.74) is 2.93. The lowest BCUT2D eigenvalue weighted by Crippen LogP contribution is -2.36. The van der Waals surface area contributed by atoms with E-state index < -0.39 is 0 Å². The Hall–Kier alpha value is -2.83. The Morgan fingerprint density at radius 2 is 1.77 bits per heavy atom. The van der Waals surface area contributed by atoms with Crippen molar-refractivity contribution in [1.82, 2.24) is 10.6 Å². The minimum atomic E-state index is -0.287. The Kier molecular flexibility index (Phi) is 8.30. The Balaban J connectivity index is 1.58. The Morgan fingerprint density at radius 3 is 2.50 bits per heavy atom. The van der Waals surface area contributed by atoms with Crippen LogP contribution in [0, 0.1) is 6.92 Å². The first-order valence-corrected chi connectivity index (χ1v) is 11.7. The van der Waals surface area contributed by atoms with Gasteiger partial charge < -0.3 is 10.6 Å². The lowest BCUT2D eigenvalue weighted by molar-refractivity contribution is -0.117. The first kappa shape index (κ1) is 21.9. The number of hydrogen-bond donors (Lipinski definition) is 2. The standard InChI is InChI=1S/C24H24N2O2S2/c1-18-8-5-6-12-21(18)23(27)26-22(16-20-11-7-14-30-20)24(28)25-13-15-29-17-19-9-3-2-4-10-19/h2-12,14,16H,13,15,17H2,1H3,(H,25,28)(H,26,27)/b22-16-. The summed E-state index contributed by atoms with van der Waals surface area (Å²) in [4.78, 5) is 26.4. The second-order valence-electron chi connectivity index (χ2n) is 6.64. The normalized spacial score (nSPS) is 11.2. The highest BCUT2D eigenvalue weighted by atomic mass is 32.2. The number of nitrogens with one attached hydrogen (secondary N) is 2. The van der Waals surface area contributed by atoms with E-state index in [9.17, 15) is 9.59 Å². The number of rotatable bonds is 9. The largest absolute Gasteiger partial charge is 0.350 e. The van der Waals surface area contributed by atoms with Crippen LogP contribution in [0.2, 0.25) is 0 Å². The highest BCUT2D eigenvalue weighted by molar-refractivity contribution is 7.98. The van der Waals surface area contributed by atoms with E-state index in [1.807, 2.05) is 60.8 Å². The summed E-state index contributed by atoms with van der Waals surface area (Å²) in [6, 6.07) is 21.4. The fourth-order valence-electron chi connectivity index (χ4n) is 2.79. The number of thioether (sulfide) groups is 1. The Labute approximate surface area is 185 Å². The Bertz CT molecular complexity index is 999. The molecule has 0 saturated carbocycles. The predicted octanol–water partition coefficient (Wildman–Crippen LogP) is 4.88. The smallest absolute Gasteiger partial charge is 0.267 e. The molecule has 0 fully saturated rings. The lowest BCUT2D eigenvalue weighted by Gasteiger charge is -2.12. The van der Waals surface area contributed by atoms with Crippen LogP contribution in [0.25, 0.3) is 6.08 Å². The van der Waals surface area contributed by atoms with Gasteiger partial charge in [-0.1, -0.05) is 54.6 Å². The molecule has 6 heteroatoms. The van der Waals surface area contributed by atoms with Gasteiger partial charge in [-0.3, -0.25) is 9.59 Å². The van der Waals surface area contributed by atoms with Crippen molar-refractivity contribution in [3.05, 3.63) is 99.4 Å². The minimum absolute atomic E-state index is 0.249. The third-order valence-corrected chi connectivity index (χ3v) is 6.21. The molecule has 0 saturated heterocycles. The van der Waals surface area contributed by atoms with Gasteiger partial charge in [0.05, 0.1) is 0 Å². The molecule has 0 aliphatic carbocycles. The van der Waals surface area contributed by atoms with Gasteiger partial charge in [0.25, 0.3) is 11.8 Å². The van der Waals surface area contributed by atoms with Crippen molar-refractivity contribution in [2.75, 3.05) is 12.3 Å². The summed E-state index contributed by atoms with van der Waals surface area (Å²) in [7, 11) is 0. The number of thiophene rings is 1. The van der Waals surface area contributed by atoms with Crippen molar-refractivity contribution in [1.29, 1.82) is 0 Å². The maximum absolute atomic E-state index is 12.8. The van der Waals surface area contributed by atoms with E-state index >= 15 is 0 Å². The number of benzene rings is 2. The van der Waals surface area contributed by atoms with E-state index in [2.05, 4.69) is 22.8 Å². The molecule has 4 nitrogen and oxygen atoms in total. The van der Waals surface area contributed by atoms with Crippen molar-refractivity contribution < 1.29 is 9.59 Å². The summed E-state index contributed by atoms with van der Waals surface area (Å²) in [6.45, 7) is 2.40. The van der Waals surface area contributed by atoms with Gasteiger partial charge in [-0.2, -0.15) is 11.8 Å². The van der Waals surface area contributed by atoms with Crippen LogP contribution >= 0.6 is 23.1 Å². The van der Waals surface area contributed by atoms with Gasteiger partial charge >= 0.3 is 0 Å². The predicted molar refractivity (Wildman–Crippen MR) is 127 cm³/mol. The van der Waals surface area contributed by atoms with E-state index in [-0.39, 0.29) is 17.5 Å². The average molecular weight is 437 g/mol. The summed E-state index contributed by atoms with van der Waals surface area (Å²) in [5.74, 6) is 1.12. The fraction of sp³-hybridized carbons (Fsp3) is 0.167. The molecule has 2 aromatic carbocycles. The summed E-state index contributed by atoms with van der Waals surface area (Å²) >= 11 is 3.27. The fourth-order valence-corrected chi connectivity index (χ4v) is 4.26. The molecule has 0 bridgehead atoms. The molecule has 0 spiro atoms. The van der Waals surface area contributed by atoms with Crippen LogP contribution in [0.15, 0.2) is 77.8 Å². The van der Waals surface area contributed by atoms with Crippen molar-refractivity contribution in [3.63, 3.8) is 0 Å². The second-order valence-corrected chi connectivity index (χ2v) is 8.72. The minimum Gasteiger partial charge on any atom is -0.350 e. The lowest BCUT2D eigenvalue weighted by atomic mass is 10.1. The third kappa shape index (κ3) is 6.61. The summed E-state index contributed by atoms with van der Waals surface area (Å²) in [5, 5.41) is 7.64. The van der Waals surface area contributed by atoms with Crippen LogP contribution in [-0.2, 0) is 10.5 Å². The molecule has 1 aromatic heterocycles. The number of carbonyl (C=O) groups excluding carboxylic acids is 2. The monoisotopic (exact) mass is 436 g/mol. The van der Waals surface area contributed by atoms with Crippen molar-refractivity contribution >= 4 is 41.0 Å². The summed E-state index contributed by atoms with van der Waals surface area (Å²) < 4.78 is 0. The van der Waals surface area contributed by atoms with Gasteiger partial charge in [-0.05, 0) is 41.6 Å². The van der Waals surface area contributed by atoms with E-state index in [4.69, 9.17) is 0 Å². The molecular formula is C24H24N2O2S2. The molecule has 0 atom stereocenters. The summed E-state index contributed by atoms with van der Waals surface area (Å²) in [6.07, 6.45) is 1.72. The number of carbonyl (C=O) groups is 2. The zero-order chi connectivity index (χ0) is 21.2. The van der Waals surface area contributed by atoms with E-state index in [1.165, 1.54) is 16.9 Å². The maximum atomic E-state index is 12.8. The van der Waals surface area contributed by atoms with Crippen LogP contribution in [0.1, 0.15) is 26.4 Å². The highest BCUT2D eigenvalue weighted by Crippen LogP contribution is 2.14. The SMILES string of the molecule is Cc1ccccc1C(=O)N/C(=C\c1cccs1)C(=O)NCCSCc1ccccc1. The van der Waals surface area contributed by atoms with E-state index in [0.717, 1.165) is 21.9 Å². The topological polar surface area (TPSA) is 58.2 Å². The van der Waals surface area contributed by atoms with Crippen molar-refractivity contribution in [2.45, 2.75) is 12.7 Å². The number of hydrogen-bond acceptors (Lipinski definition) is 4. The molecule has 154 valence electrons. The van der Waals surface area contributed by atoms with E-state index in [1.54, 1.807) is 23.9 Å². The molecular weight excluding hydrogens is 412 g/mol. The van der Waals surface area contributed by atoms with Crippen LogP contribution in [0.5, 0.6) is 0 Å². The molecule has 0 unspecified atom stereocenters. The molecule has 3 rings (SSSR count). The van der Waals surface area contributed by atoms with Gasteiger partial charge in [-0.15, -0.1) is 11.3 Å². The molecule has 3 aromatic rings. The zero-order valence-corrected chi connectivity index (χ0v) is 18.4. The molecule has 1 heterocycles. The molecule has 2 N–H and O–H groups in total. The first-order valence-electron chi connectivity index (χ1n) is 9.65.